The normalized spacial score (nSPS) is 16.8. The Balaban J connectivity index is 2.41. The lowest BCUT2D eigenvalue weighted by Crippen LogP contribution is -2.15. The molecule has 0 heterocycles. The molecular weight excluding hydrogens is 181 g/mol. The summed E-state index contributed by atoms with van der Waals surface area (Å²) < 4.78 is 0. The second-order valence-corrected chi connectivity index (χ2v) is 4.15. The maximum absolute atomic E-state index is 5.92. The molecule has 1 nitrogen and oxygen atoms in total. The molecular formula is C13H16BN. The molecule has 2 rings (SSSR count). The SMILES string of the molecule is [B]c1cccc(C(=NCC)C2CC2)c1C. The Morgan fingerprint density at radius 1 is 1.47 bits per heavy atom. The third-order valence-electron chi connectivity index (χ3n) is 2.94. The number of hydrogen-bond donors (Lipinski definition) is 0. The van der Waals surface area contributed by atoms with Crippen LogP contribution in [0.3, 0.4) is 0 Å². The highest BCUT2D eigenvalue weighted by molar-refractivity contribution is 6.34. The van der Waals surface area contributed by atoms with Crippen molar-refractivity contribution in [2.75, 3.05) is 6.54 Å². The Bertz CT molecular complexity index is 392. The molecule has 0 saturated heterocycles. The number of aliphatic imine (C=N–C) groups is 1. The predicted octanol–water partition coefficient (Wildman–Crippen LogP) is 2.01. The first-order valence-electron chi connectivity index (χ1n) is 5.63. The Labute approximate surface area is 93.0 Å². The summed E-state index contributed by atoms with van der Waals surface area (Å²) in [5.41, 5.74) is 4.57. The maximum Gasteiger partial charge on any atom is 0.114 e. The monoisotopic (exact) mass is 197 g/mol. The molecule has 15 heavy (non-hydrogen) atoms. The minimum Gasteiger partial charge on any atom is -0.289 e. The van der Waals surface area contributed by atoms with Crippen molar-refractivity contribution in [3.8, 4) is 0 Å². The first-order chi connectivity index (χ1) is 7.24. The van der Waals surface area contributed by atoms with Crippen LogP contribution in [0.25, 0.3) is 0 Å². The first-order valence-corrected chi connectivity index (χ1v) is 5.63. The molecule has 1 fully saturated rings. The fraction of sp³-hybridized carbons (Fsp3) is 0.462. The molecule has 1 aromatic rings. The van der Waals surface area contributed by atoms with E-state index in [9.17, 15) is 0 Å². The van der Waals surface area contributed by atoms with Gasteiger partial charge < -0.3 is 0 Å². The van der Waals surface area contributed by atoms with Crippen molar-refractivity contribution in [3.63, 3.8) is 0 Å². The van der Waals surface area contributed by atoms with E-state index in [1.165, 1.54) is 29.7 Å². The van der Waals surface area contributed by atoms with Crippen LogP contribution in [0.15, 0.2) is 23.2 Å². The van der Waals surface area contributed by atoms with E-state index in [1.807, 2.05) is 12.1 Å². The van der Waals surface area contributed by atoms with E-state index in [1.54, 1.807) is 0 Å². The molecule has 0 bridgehead atoms. The third kappa shape index (κ3) is 2.14. The van der Waals surface area contributed by atoms with Gasteiger partial charge in [-0.05, 0) is 37.8 Å². The standard InChI is InChI=1S/C13H16BN/c1-3-15-13(10-7-8-10)11-5-4-6-12(14)9(11)2/h4-6,10H,3,7-8H2,1-2H3. The van der Waals surface area contributed by atoms with Crippen LogP contribution < -0.4 is 5.46 Å². The Kier molecular flexibility index (Phi) is 2.94. The summed E-state index contributed by atoms with van der Waals surface area (Å²) in [6.07, 6.45) is 2.57. The highest BCUT2D eigenvalue weighted by Crippen LogP contribution is 2.33. The number of benzene rings is 1. The first kappa shape index (κ1) is 10.5. The second kappa shape index (κ2) is 4.22. The van der Waals surface area contributed by atoms with Gasteiger partial charge in [-0.25, -0.2) is 0 Å². The molecule has 2 radical (unpaired) electrons. The predicted molar refractivity (Wildman–Crippen MR) is 66.4 cm³/mol. The van der Waals surface area contributed by atoms with Crippen molar-refractivity contribution in [1.82, 2.24) is 0 Å². The van der Waals surface area contributed by atoms with Crippen LogP contribution in [0.5, 0.6) is 0 Å². The Morgan fingerprint density at radius 3 is 2.80 bits per heavy atom. The zero-order valence-electron chi connectivity index (χ0n) is 9.46. The van der Waals surface area contributed by atoms with Crippen molar-refractivity contribution < 1.29 is 0 Å². The lowest BCUT2D eigenvalue weighted by molar-refractivity contribution is 1.07. The van der Waals surface area contributed by atoms with Gasteiger partial charge in [0, 0.05) is 18.2 Å². The van der Waals surface area contributed by atoms with E-state index in [2.05, 4.69) is 24.9 Å². The van der Waals surface area contributed by atoms with E-state index >= 15 is 0 Å². The molecule has 2 heteroatoms. The second-order valence-electron chi connectivity index (χ2n) is 4.15. The summed E-state index contributed by atoms with van der Waals surface area (Å²) in [4.78, 5) is 4.62. The minimum absolute atomic E-state index is 0.686. The van der Waals surface area contributed by atoms with Gasteiger partial charge in [-0.3, -0.25) is 4.99 Å². The number of hydrogen-bond acceptors (Lipinski definition) is 1. The number of rotatable bonds is 3. The van der Waals surface area contributed by atoms with Crippen molar-refractivity contribution in [2.24, 2.45) is 10.9 Å². The van der Waals surface area contributed by atoms with Gasteiger partial charge in [0.25, 0.3) is 0 Å². The molecule has 1 aromatic carbocycles. The van der Waals surface area contributed by atoms with Crippen LogP contribution in [0.2, 0.25) is 0 Å². The summed E-state index contributed by atoms with van der Waals surface area (Å²) in [5.74, 6) is 0.686. The van der Waals surface area contributed by atoms with Crippen LogP contribution in [-0.2, 0) is 0 Å². The summed E-state index contributed by atoms with van der Waals surface area (Å²) in [7, 11) is 5.92. The third-order valence-corrected chi connectivity index (χ3v) is 2.94. The van der Waals surface area contributed by atoms with Crippen molar-refractivity contribution in [1.29, 1.82) is 0 Å². The van der Waals surface area contributed by atoms with Gasteiger partial charge in [0.1, 0.15) is 7.85 Å². The fourth-order valence-corrected chi connectivity index (χ4v) is 1.89. The zero-order valence-corrected chi connectivity index (χ0v) is 9.46. The summed E-state index contributed by atoms with van der Waals surface area (Å²) >= 11 is 0. The lowest BCUT2D eigenvalue weighted by Gasteiger charge is -2.11. The summed E-state index contributed by atoms with van der Waals surface area (Å²) in [6.45, 7) is 5.03. The molecule has 1 saturated carbocycles. The van der Waals surface area contributed by atoms with Gasteiger partial charge >= 0.3 is 0 Å². The average molecular weight is 197 g/mol. The smallest absolute Gasteiger partial charge is 0.114 e. The van der Waals surface area contributed by atoms with Crippen molar-refractivity contribution in [3.05, 3.63) is 29.3 Å². The van der Waals surface area contributed by atoms with Crippen LogP contribution in [0, 0.1) is 12.8 Å². The quantitative estimate of drug-likeness (QED) is 0.519. The molecule has 76 valence electrons. The molecule has 0 atom stereocenters. The number of nitrogens with zero attached hydrogens (tertiary/aromatic N) is 1. The molecule has 0 amide bonds. The van der Waals surface area contributed by atoms with Crippen LogP contribution in [0.4, 0.5) is 0 Å². The van der Waals surface area contributed by atoms with Gasteiger partial charge in [-0.1, -0.05) is 23.7 Å². The molecule has 0 unspecified atom stereocenters. The fourth-order valence-electron chi connectivity index (χ4n) is 1.89. The minimum atomic E-state index is 0.686. The van der Waals surface area contributed by atoms with Crippen LogP contribution in [-0.4, -0.2) is 20.1 Å². The molecule has 1 aliphatic carbocycles. The summed E-state index contributed by atoms with van der Waals surface area (Å²) in [6, 6.07) is 6.11. The Morgan fingerprint density at radius 2 is 2.20 bits per heavy atom. The average Bonchev–Trinajstić information content (AvgIpc) is 3.03. The highest BCUT2D eigenvalue weighted by atomic mass is 14.7. The Hall–Kier alpha value is -1.05. The summed E-state index contributed by atoms with van der Waals surface area (Å²) in [5, 5.41) is 0. The maximum atomic E-state index is 5.92. The lowest BCUT2D eigenvalue weighted by atomic mass is 9.86. The van der Waals surface area contributed by atoms with Gasteiger partial charge in [0.2, 0.25) is 0 Å². The van der Waals surface area contributed by atoms with E-state index in [0.717, 1.165) is 12.0 Å². The van der Waals surface area contributed by atoms with Crippen molar-refractivity contribution in [2.45, 2.75) is 26.7 Å². The zero-order chi connectivity index (χ0) is 10.8. The highest BCUT2D eigenvalue weighted by Gasteiger charge is 2.28. The van der Waals surface area contributed by atoms with Gasteiger partial charge in [-0.15, -0.1) is 0 Å². The van der Waals surface area contributed by atoms with E-state index in [0.29, 0.717) is 5.92 Å². The molecule has 0 aliphatic heterocycles. The van der Waals surface area contributed by atoms with Crippen molar-refractivity contribution >= 4 is 19.0 Å². The van der Waals surface area contributed by atoms with E-state index in [-0.39, 0.29) is 0 Å². The van der Waals surface area contributed by atoms with Crippen LogP contribution >= 0.6 is 0 Å². The molecule has 0 aromatic heterocycles. The van der Waals surface area contributed by atoms with E-state index < -0.39 is 0 Å². The molecule has 0 spiro atoms. The van der Waals surface area contributed by atoms with Gasteiger partial charge in [-0.2, -0.15) is 0 Å². The van der Waals surface area contributed by atoms with Crippen LogP contribution in [0.1, 0.15) is 30.9 Å². The molecule has 1 aliphatic rings. The van der Waals surface area contributed by atoms with Gasteiger partial charge in [0.05, 0.1) is 0 Å². The molecule has 0 N–H and O–H groups in total. The largest absolute Gasteiger partial charge is 0.289 e. The van der Waals surface area contributed by atoms with E-state index in [4.69, 9.17) is 7.85 Å². The topological polar surface area (TPSA) is 12.4 Å². The van der Waals surface area contributed by atoms with Gasteiger partial charge in [0.15, 0.2) is 0 Å².